The highest BCUT2D eigenvalue weighted by atomic mass is 15.0. The molecular weight excluding hydrogens is 250 g/mol. The van der Waals surface area contributed by atoms with Crippen LogP contribution in [0.5, 0.6) is 0 Å². The summed E-state index contributed by atoms with van der Waals surface area (Å²) < 4.78 is 0. The van der Waals surface area contributed by atoms with Crippen molar-refractivity contribution < 1.29 is 0 Å². The summed E-state index contributed by atoms with van der Waals surface area (Å²) in [7, 11) is 0. The molecule has 5 heteroatoms. The van der Waals surface area contributed by atoms with E-state index >= 15 is 0 Å². The molecule has 20 heavy (non-hydrogen) atoms. The van der Waals surface area contributed by atoms with Gasteiger partial charge in [0.1, 0.15) is 11.7 Å². The quantitative estimate of drug-likeness (QED) is 0.485. The summed E-state index contributed by atoms with van der Waals surface area (Å²) in [5.74, 6) is 0.944. The van der Waals surface area contributed by atoms with E-state index in [1.807, 2.05) is 26.1 Å². The highest BCUT2D eigenvalue weighted by Crippen LogP contribution is 2.05. The molecule has 0 fully saturated rings. The minimum atomic E-state index is 0.323. The molecule has 0 aliphatic rings. The third kappa shape index (κ3) is 4.68. The second kappa shape index (κ2) is 7.89. The molecule has 0 saturated heterocycles. The number of aromatic nitrogens is 1. The van der Waals surface area contributed by atoms with Crippen molar-refractivity contribution in [3.8, 4) is 0 Å². The van der Waals surface area contributed by atoms with E-state index in [0.717, 1.165) is 6.42 Å². The van der Waals surface area contributed by atoms with Gasteiger partial charge in [0.25, 0.3) is 0 Å². The second-order valence-electron chi connectivity index (χ2n) is 4.30. The van der Waals surface area contributed by atoms with Crippen LogP contribution in [0.4, 0.5) is 0 Å². The fourth-order valence-electron chi connectivity index (χ4n) is 1.65. The molecule has 0 spiro atoms. The van der Waals surface area contributed by atoms with Crippen molar-refractivity contribution in [1.82, 2.24) is 4.98 Å². The van der Waals surface area contributed by atoms with Crippen LogP contribution in [-0.4, -0.2) is 23.2 Å². The van der Waals surface area contributed by atoms with Gasteiger partial charge in [-0.05, 0) is 37.5 Å². The van der Waals surface area contributed by atoms with Gasteiger partial charge in [-0.2, -0.15) is 0 Å². The van der Waals surface area contributed by atoms with Crippen molar-refractivity contribution in [1.29, 1.82) is 0 Å². The highest BCUT2D eigenvalue weighted by Gasteiger charge is 1.99. The number of hydrogen-bond donors (Lipinski definition) is 2. The monoisotopic (exact) mass is 271 g/mol. The number of nitrogens with zero attached hydrogens (tertiary/aromatic N) is 3. The lowest BCUT2D eigenvalue weighted by Crippen LogP contribution is -2.16. The zero-order valence-corrected chi connectivity index (χ0v) is 12.0. The zero-order chi connectivity index (χ0) is 15.0. The standard InChI is InChI=1S/C15H21N5/c1-4-13(9-16)15(17)20-12(3)19-8-6-14-5-7-18-10-11(14)2/h4-5,7,9-10H,1,6,8,16H2,2-3H3,(H2,17,19,20). The number of aliphatic imine (C=N–C) groups is 2. The van der Waals surface area contributed by atoms with E-state index in [1.165, 1.54) is 17.3 Å². The second-order valence-corrected chi connectivity index (χ2v) is 4.30. The largest absolute Gasteiger partial charge is 0.404 e. The SMILES string of the molecule is C=CC(=CN)C(N)=NC(C)=NCCc1ccncc1C. The third-order valence-corrected chi connectivity index (χ3v) is 2.84. The van der Waals surface area contributed by atoms with Gasteiger partial charge >= 0.3 is 0 Å². The van der Waals surface area contributed by atoms with E-state index in [0.29, 0.717) is 23.8 Å². The Morgan fingerprint density at radius 2 is 2.25 bits per heavy atom. The van der Waals surface area contributed by atoms with Crippen molar-refractivity contribution >= 4 is 11.7 Å². The molecule has 0 saturated carbocycles. The van der Waals surface area contributed by atoms with E-state index in [9.17, 15) is 0 Å². The van der Waals surface area contributed by atoms with E-state index in [2.05, 4.69) is 21.5 Å². The van der Waals surface area contributed by atoms with Crippen molar-refractivity contribution in [2.24, 2.45) is 21.5 Å². The fraction of sp³-hybridized carbons (Fsp3) is 0.267. The summed E-state index contributed by atoms with van der Waals surface area (Å²) >= 11 is 0. The van der Waals surface area contributed by atoms with E-state index < -0.39 is 0 Å². The molecule has 0 aliphatic heterocycles. The van der Waals surface area contributed by atoms with Crippen LogP contribution in [0.15, 0.2) is 52.9 Å². The van der Waals surface area contributed by atoms with Crippen LogP contribution in [0, 0.1) is 6.92 Å². The summed E-state index contributed by atoms with van der Waals surface area (Å²) in [5, 5.41) is 0. The van der Waals surface area contributed by atoms with Gasteiger partial charge in [-0.15, -0.1) is 0 Å². The maximum Gasteiger partial charge on any atom is 0.134 e. The Morgan fingerprint density at radius 1 is 1.50 bits per heavy atom. The van der Waals surface area contributed by atoms with Crippen LogP contribution in [0.25, 0.3) is 0 Å². The summed E-state index contributed by atoms with van der Waals surface area (Å²) in [4.78, 5) is 12.6. The third-order valence-electron chi connectivity index (χ3n) is 2.84. The van der Waals surface area contributed by atoms with Crippen LogP contribution in [-0.2, 0) is 6.42 Å². The van der Waals surface area contributed by atoms with Crippen molar-refractivity contribution in [2.45, 2.75) is 20.3 Å². The first-order chi connectivity index (χ1) is 9.58. The van der Waals surface area contributed by atoms with Crippen molar-refractivity contribution in [2.75, 3.05) is 6.54 Å². The molecule has 106 valence electrons. The van der Waals surface area contributed by atoms with Gasteiger partial charge in [0.2, 0.25) is 0 Å². The Hall–Kier alpha value is -2.43. The van der Waals surface area contributed by atoms with Gasteiger partial charge in [-0.25, -0.2) is 4.99 Å². The minimum Gasteiger partial charge on any atom is -0.404 e. The number of nitrogens with two attached hydrogens (primary N) is 2. The Morgan fingerprint density at radius 3 is 2.85 bits per heavy atom. The van der Waals surface area contributed by atoms with Gasteiger partial charge in [0, 0.05) is 30.7 Å². The van der Waals surface area contributed by atoms with Gasteiger partial charge in [-0.1, -0.05) is 12.7 Å². The number of amidine groups is 2. The highest BCUT2D eigenvalue weighted by molar-refractivity contribution is 6.06. The number of pyridine rings is 1. The molecule has 1 aromatic rings. The molecule has 4 N–H and O–H groups in total. The van der Waals surface area contributed by atoms with Gasteiger partial charge < -0.3 is 11.5 Å². The van der Waals surface area contributed by atoms with Gasteiger partial charge in [-0.3, -0.25) is 9.98 Å². The summed E-state index contributed by atoms with van der Waals surface area (Å²) in [6.45, 7) is 8.12. The zero-order valence-electron chi connectivity index (χ0n) is 12.0. The molecular formula is C15H21N5. The fourth-order valence-corrected chi connectivity index (χ4v) is 1.65. The van der Waals surface area contributed by atoms with Crippen LogP contribution in [0.1, 0.15) is 18.1 Å². The van der Waals surface area contributed by atoms with Crippen LogP contribution >= 0.6 is 0 Å². The van der Waals surface area contributed by atoms with E-state index in [-0.39, 0.29) is 0 Å². The molecule has 0 atom stereocenters. The summed E-state index contributed by atoms with van der Waals surface area (Å²) in [6, 6.07) is 2.00. The summed E-state index contributed by atoms with van der Waals surface area (Å²) in [6.07, 6.45) is 7.43. The molecule has 5 nitrogen and oxygen atoms in total. The molecule has 0 unspecified atom stereocenters. The number of aryl methyl sites for hydroxylation is 1. The first-order valence-corrected chi connectivity index (χ1v) is 6.38. The lowest BCUT2D eigenvalue weighted by Gasteiger charge is -2.03. The Labute approximate surface area is 119 Å². The molecule has 0 aromatic carbocycles. The maximum absolute atomic E-state index is 5.79. The van der Waals surface area contributed by atoms with E-state index in [1.54, 1.807) is 12.3 Å². The molecule has 1 aromatic heterocycles. The minimum absolute atomic E-state index is 0.323. The van der Waals surface area contributed by atoms with Crippen molar-refractivity contribution in [3.63, 3.8) is 0 Å². The Balaban J connectivity index is 2.65. The summed E-state index contributed by atoms with van der Waals surface area (Å²) in [5.41, 5.74) is 14.2. The smallest absolute Gasteiger partial charge is 0.134 e. The lowest BCUT2D eigenvalue weighted by molar-refractivity contribution is 0.947. The average molecular weight is 271 g/mol. The molecule has 0 amide bonds. The topological polar surface area (TPSA) is 89.7 Å². The molecule has 0 bridgehead atoms. The Bertz CT molecular complexity index is 555. The van der Waals surface area contributed by atoms with Crippen LogP contribution < -0.4 is 11.5 Å². The normalized spacial score (nSPS) is 13.4. The van der Waals surface area contributed by atoms with Crippen LogP contribution in [0.2, 0.25) is 0 Å². The van der Waals surface area contributed by atoms with E-state index in [4.69, 9.17) is 11.5 Å². The number of rotatable bonds is 5. The first kappa shape index (κ1) is 15.6. The average Bonchev–Trinajstić information content (AvgIpc) is 2.42. The molecule has 0 aliphatic carbocycles. The predicted octanol–water partition coefficient (Wildman–Crippen LogP) is 1.74. The molecule has 0 radical (unpaired) electrons. The van der Waals surface area contributed by atoms with Crippen molar-refractivity contribution in [3.05, 3.63) is 54.0 Å². The Kier molecular flexibility index (Phi) is 6.16. The number of hydrogen-bond acceptors (Lipinski definition) is 3. The van der Waals surface area contributed by atoms with Gasteiger partial charge in [0.15, 0.2) is 0 Å². The maximum atomic E-state index is 5.79. The van der Waals surface area contributed by atoms with Crippen LogP contribution in [0.3, 0.4) is 0 Å². The predicted molar refractivity (Wildman–Crippen MR) is 84.7 cm³/mol. The first-order valence-electron chi connectivity index (χ1n) is 6.38. The molecule has 1 rings (SSSR count). The van der Waals surface area contributed by atoms with Gasteiger partial charge in [0.05, 0.1) is 0 Å². The lowest BCUT2D eigenvalue weighted by atomic mass is 10.1. The molecule has 1 heterocycles.